The number of aromatic nitrogens is 2. The third-order valence-corrected chi connectivity index (χ3v) is 3.34. The van der Waals surface area contributed by atoms with E-state index in [4.69, 9.17) is 5.26 Å². The molecule has 0 aliphatic rings. The smallest absolute Gasteiger partial charge is 0.0992 e. The average Bonchev–Trinajstić information content (AvgIpc) is 2.47. The molecule has 0 radical (unpaired) electrons. The molecule has 0 unspecified atom stereocenters. The lowest BCUT2D eigenvalue weighted by Crippen LogP contribution is -1.89. The summed E-state index contributed by atoms with van der Waals surface area (Å²) in [5.41, 5.74) is 3.96. The number of fused-ring (bicyclic) bond motifs is 1. The van der Waals surface area contributed by atoms with Crippen molar-refractivity contribution in [3.63, 3.8) is 0 Å². The molecule has 1 aromatic heterocycles. The van der Waals surface area contributed by atoms with Crippen LogP contribution in [0.3, 0.4) is 0 Å². The molecular weight excluding hydrogens is 302 g/mol. The molecule has 0 aliphatic heterocycles. The SMILES string of the molecule is N#Cc1ccc2nc(-c3ccc(Br)cc3)cnc2c1. The largest absolute Gasteiger partial charge is 0.252 e. The summed E-state index contributed by atoms with van der Waals surface area (Å²) in [6.07, 6.45) is 1.73. The minimum Gasteiger partial charge on any atom is -0.252 e. The van der Waals surface area contributed by atoms with E-state index in [0.717, 1.165) is 26.8 Å². The van der Waals surface area contributed by atoms with Crippen LogP contribution in [-0.2, 0) is 0 Å². The normalized spacial score (nSPS) is 10.3. The lowest BCUT2D eigenvalue weighted by Gasteiger charge is -2.03. The first-order valence-electron chi connectivity index (χ1n) is 5.69. The Morgan fingerprint density at radius 2 is 1.79 bits per heavy atom. The fourth-order valence-corrected chi connectivity index (χ4v) is 2.10. The second kappa shape index (κ2) is 4.79. The summed E-state index contributed by atoms with van der Waals surface area (Å²) in [4.78, 5) is 8.93. The van der Waals surface area contributed by atoms with Gasteiger partial charge in [0.15, 0.2) is 0 Å². The van der Waals surface area contributed by atoms with Gasteiger partial charge in [0.1, 0.15) is 0 Å². The van der Waals surface area contributed by atoms with Gasteiger partial charge in [-0.2, -0.15) is 5.26 Å². The maximum absolute atomic E-state index is 8.85. The molecule has 0 amide bonds. The molecule has 0 spiro atoms. The second-order valence-electron chi connectivity index (χ2n) is 4.08. The van der Waals surface area contributed by atoms with Crippen LogP contribution in [0.1, 0.15) is 5.56 Å². The number of halogens is 1. The molecule has 3 aromatic rings. The Bertz CT molecular complexity index is 789. The number of hydrogen-bond acceptors (Lipinski definition) is 3. The fraction of sp³-hybridized carbons (Fsp3) is 0. The van der Waals surface area contributed by atoms with Crippen molar-refractivity contribution in [2.75, 3.05) is 0 Å². The van der Waals surface area contributed by atoms with Crippen LogP contribution in [0.5, 0.6) is 0 Å². The number of nitriles is 1. The zero-order chi connectivity index (χ0) is 13.2. The van der Waals surface area contributed by atoms with Crippen LogP contribution in [0.4, 0.5) is 0 Å². The maximum atomic E-state index is 8.85. The van der Waals surface area contributed by atoms with Crippen molar-refractivity contribution >= 4 is 27.0 Å². The molecule has 0 N–H and O–H groups in total. The zero-order valence-electron chi connectivity index (χ0n) is 9.84. The van der Waals surface area contributed by atoms with Crippen molar-refractivity contribution in [2.24, 2.45) is 0 Å². The van der Waals surface area contributed by atoms with Crippen molar-refractivity contribution in [1.29, 1.82) is 5.26 Å². The molecular formula is C15H8BrN3. The summed E-state index contributed by atoms with van der Waals surface area (Å²) in [7, 11) is 0. The van der Waals surface area contributed by atoms with Gasteiger partial charge in [0.2, 0.25) is 0 Å². The van der Waals surface area contributed by atoms with E-state index in [1.807, 2.05) is 30.3 Å². The Kier molecular flexibility index (Phi) is 2.98. The van der Waals surface area contributed by atoms with Gasteiger partial charge in [0, 0.05) is 10.0 Å². The summed E-state index contributed by atoms with van der Waals surface area (Å²) in [6.45, 7) is 0. The van der Waals surface area contributed by atoms with Gasteiger partial charge < -0.3 is 0 Å². The summed E-state index contributed by atoms with van der Waals surface area (Å²) < 4.78 is 1.03. The lowest BCUT2D eigenvalue weighted by molar-refractivity contribution is 1.29. The molecule has 0 atom stereocenters. The lowest BCUT2D eigenvalue weighted by atomic mass is 10.1. The summed E-state index contributed by atoms with van der Waals surface area (Å²) >= 11 is 3.41. The fourth-order valence-electron chi connectivity index (χ4n) is 1.84. The molecule has 0 aliphatic carbocycles. The van der Waals surface area contributed by atoms with Crippen LogP contribution < -0.4 is 0 Å². The zero-order valence-corrected chi connectivity index (χ0v) is 11.4. The van der Waals surface area contributed by atoms with Crippen LogP contribution in [0.25, 0.3) is 22.3 Å². The first-order chi connectivity index (χ1) is 9.26. The van der Waals surface area contributed by atoms with E-state index >= 15 is 0 Å². The standard InChI is InChI=1S/C15H8BrN3/c16-12-4-2-11(3-5-12)15-9-18-14-7-10(8-17)1-6-13(14)19-15/h1-7,9H. The predicted octanol–water partition coefficient (Wildman–Crippen LogP) is 3.93. The van der Waals surface area contributed by atoms with E-state index in [9.17, 15) is 0 Å². The van der Waals surface area contributed by atoms with Gasteiger partial charge in [-0.05, 0) is 30.3 Å². The number of nitrogens with zero attached hydrogens (tertiary/aromatic N) is 3. The van der Waals surface area contributed by atoms with Crippen molar-refractivity contribution in [3.05, 3.63) is 58.7 Å². The molecule has 4 heteroatoms. The number of rotatable bonds is 1. The van der Waals surface area contributed by atoms with Gasteiger partial charge in [0.05, 0.1) is 34.6 Å². The van der Waals surface area contributed by atoms with Gasteiger partial charge in [-0.25, -0.2) is 4.98 Å². The topological polar surface area (TPSA) is 49.6 Å². The Balaban J connectivity index is 2.12. The van der Waals surface area contributed by atoms with E-state index in [1.54, 1.807) is 18.3 Å². The molecule has 3 rings (SSSR count). The third-order valence-electron chi connectivity index (χ3n) is 2.81. The van der Waals surface area contributed by atoms with Crippen LogP contribution in [0, 0.1) is 11.3 Å². The first kappa shape index (κ1) is 11.8. The quantitative estimate of drug-likeness (QED) is 0.684. The van der Waals surface area contributed by atoms with E-state index in [0.29, 0.717) is 5.56 Å². The molecule has 19 heavy (non-hydrogen) atoms. The number of hydrogen-bond donors (Lipinski definition) is 0. The van der Waals surface area contributed by atoms with Gasteiger partial charge in [-0.15, -0.1) is 0 Å². The summed E-state index contributed by atoms with van der Waals surface area (Å²) in [6, 6.07) is 15.3. The van der Waals surface area contributed by atoms with E-state index in [1.165, 1.54) is 0 Å². The van der Waals surface area contributed by atoms with Crippen LogP contribution in [0.2, 0.25) is 0 Å². The Hall–Kier alpha value is -2.25. The van der Waals surface area contributed by atoms with Gasteiger partial charge in [-0.1, -0.05) is 28.1 Å². The minimum atomic E-state index is 0.596. The van der Waals surface area contributed by atoms with Crippen molar-refractivity contribution in [2.45, 2.75) is 0 Å². The van der Waals surface area contributed by atoms with Gasteiger partial charge in [0.25, 0.3) is 0 Å². The maximum Gasteiger partial charge on any atom is 0.0992 e. The van der Waals surface area contributed by atoms with Crippen molar-refractivity contribution in [1.82, 2.24) is 9.97 Å². The van der Waals surface area contributed by atoms with E-state index < -0.39 is 0 Å². The highest BCUT2D eigenvalue weighted by Gasteiger charge is 2.03. The molecule has 1 heterocycles. The van der Waals surface area contributed by atoms with Gasteiger partial charge in [-0.3, -0.25) is 4.98 Å². The Morgan fingerprint density at radius 3 is 2.53 bits per heavy atom. The molecule has 0 bridgehead atoms. The average molecular weight is 310 g/mol. The van der Waals surface area contributed by atoms with E-state index in [-0.39, 0.29) is 0 Å². The monoisotopic (exact) mass is 309 g/mol. The molecule has 0 fully saturated rings. The van der Waals surface area contributed by atoms with Gasteiger partial charge >= 0.3 is 0 Å². The molecule has 3 nitrogen and oxygen atoms in total. The summed E-state index contributed by atoms with van der Waals surface area (Å²) in [5, 5.41) is 8.85. The second-order valence-corrected chi connectivity index (χ2v) is 4.99. The predicted molar refractivity (Wildman–Crippen MR) is 77.4 cm³/mol. The Labute approximate surface area is 118 Å². The molecule has 0 saturated heterocycles. The highest BCUT2D eigenvalue weighted by Crippen LogP contribution is 2.21. The van der Waals surface area contributed by atoms with E-state index in [2.05, 4.69) is 32.0 Å². The minimum absolute atomic E-state index is 0.596. The van der Waals surface area contributed by atoms with Crippen LogP contribution in [-0.4, -0.2) is 9.97 Å². The number of benzene rings is 2. The highest BCUT2D eigenvalue weighted by molar-refractivity contribution is 9.10. The van der Waals surface area contributed by atoms with Crippen molar-refractivity contribution in [3.8, 4) is 17.3 Å². The van der Waals surface area contributed by atoms with Crippen LogP contribution in [0.15, 0.2) is 53.1 Å². The molecule has 0 saturated carbocycles. The molecule has 90 valence electrons. The Morgan fingerprint density at radius 1 is 1.00 bits per heavy atom. The van der Waals surface area contributed by atoms with Crippen LogP contribution >= 0.6 is 15.9 Å². The van der Waals surface area contributed by atoms with Crippen molar-refractivity contribution < 1.29 is 0 Å². The third kappa shape index (κ3) is 2.33. The summed E-state index contributed by atoms with van der Waals surface area (Å²) in [5.74, 6) is 0. The highest BCUT2D eigenvalue weighted by atomic mass is 79.9. The first-order valence-corrected chi connectivity index (χ1v) is 6.48. The molecule has 2 aromatic carbocycles.